The quantitative estimate of drug-likeness (QED) is 0.222. The SMILES string of the molecule is CCC=CCCC=C[C@H]1CC[C@H](O)[C@@H]1CCCCCC(O)(OC(C)C)C(=O)O. The number of hydrogen-bond donors (Lipinski definition) is 3. The number of hydrogen-bond acceptors (Lipinski definition) is 4. The highest BCUT2D eigenvalue weighted by Crippen LogP contribution is 2.37. The third-order valence-corrected chi connectivity index (χ3v) is 5.44. The van der Waals surface area contributed by atoms with Gasteiger partial charge in [-0.05, 0) is 70.6 Å². The van der Waals surface area contributed by atoms with E-state index in [1.54, 1.807) is 13.8 Å². The Hall–Kier alpha value is -1.17. The van der Waals surface area contributed by atoms with Crippen molar-refractivity contribution >= 4 is 5.97 Å². The maximum Gasteiger partial charge on any atom is 0.364 e. The van der Waals surface area contributed by atoms with Crippen molar-refractivity contribution in [2.45, 2.75) is 103 Å². The zero-order valence-electron chi connectivity index (χ0n) is 17.8. The van der Waals surface area contributed by atoms with Crippen LogP contribution in [-0.4, -0.2) is 39.3 Å². The van der Waals surface area contributed by atoms with Crippen LogP contribution in [-0.2, 0) is 9.53 Å². The summed E-state index contributed by atoms with van der Waals surface area (Å²) in [5.41, 5.74) is 0. The van der Waals surface area contributed by atoms with Crippen molar-refractivity contribution < 1.29 is 24.9 Å². The highest BCUT2D eigenvalue weighted by Gasteiger charge is 2.38. The second kappa shape index (κ2) is 13.1. The van der Waals surface area contributed by atoms with E-state index in [1.807, 2.05) is 0 Å². The van der Waals surface area contributed by atoms with Crippen LogP contribution < -0.4 is 0 Å². The van der Waals surface area contributed by atoms with Crippen molar-refractivity contribution in [2.24, 2.45) is 11.8 Å². The third-order valence-electron chi connectivity index (χ3n) is 5.44. The number of aliphatic carboxylic acids is 1. The molecule has 1 aliphatic carbocycles. The largest absolute Gasteiger partial charge is 0.477 e. The summed E-state index contributed by atoms with van der Waals surface area (Å²) in [6.45, 7) is 5.56. The van der Waals surface area contributed by atoms with Crippen LogP contribution in [0, 0.1) is 11.8 Å². The first-order valence-electron chi connectivity index (χ1n) is 10.9. The van der Waals surface area contributed by atoms with E-state index in [-0.39, 0.29) is 24.5 Å². The predicted molar refractivity (Wildman–Crippen MR) is 112 cm³/mol. The number of aliphatic hydroxyl groups is 2. The van der Waals surface area contributed by atoms with E-state index < -0.39 is 11.8 Å². The van der Waals surface area contributed by atoms with Crippen LogP contribution in [0.2, 0.25) is 0 Å². The maximum atomic E-state index is 11.3. The van der Waals surface area contributed by atoms with Crippen LogP contribution in [0.1, 0.15) is 85.0 Å². The van der Waals surface area contributed by atoms with Gasteiger partial charge in [0, 0.05) is 6.42 Å². The average molecular weight is 397 g/mol. The molecule has 5 heteroatoms. The fourth-order valence-corrected chi connectivity index (χ4v) is 4.00. The molecule has 1 aliphatic rings. The lowest BCUT2D eigenvalue weighted by molar-refractivity contribution is -0.238. The van der Waals surface area contributed by atoms with E-state index in [9.17, 15) is 20.1 Å². The lowest BCUT2D eigenvalue weighted by Gasteiger charge is -2.26. The number of carbonyl (C=O) groups is 1. The van der Waals surface area contributed by atoms with Gasteiger partial charge >= 0.3 is 5.97 Å². The number of rotatable bonds is 14. The molecule has 1 rings (SSSR count). The summed E-state index contributed by atoms with van der Waals surface area (Å²) in [4.78, 5) is 11.3. The second-order valence-corrected chi connectivity index (χ2v) is 8.21. The average Bonchev–Trinajstić information content (AvgIpc) is 2.97. The van der Waals surface area contributed by atoms with Gasteiger partial charge in [0.2, 0.25) is 0 Å². The molecule has 5 nitrogen and oxygen atoms in total. The smallest absolute Gasteiger partial charge is 0.364 e. The van der Waals surface area contributed by atoms with E-state index in [2.05, 4.69) is 31.2 Å². The minimum absolute atomic E-state index is 0.0857. The summed E-state index contributed by atoms with van der Waals surface area (Å²) in [7, 11) is 0. The summed E-state index contributed by atoms with van der Waals surface area (Å²) in [6.07, 6.45) is 16.8. The molecule has 0 aromatic carbocycles. The Balaban J connectivity index is 2.36. The maximum absolute atomic E-state index is 11.3. The Bertz CT molecular complexity index is 499. The summed E-state index contributed by atoms with van der Waals surface area (Å²) in [5, 5.41) is 29.7. The molecule has 0 aromatic rings. The van der Waals surface area contributed by atoms with Gasteiger partial charge in [-0.25, -0.2) is 4.79 Å². The lowest BCUT2D eigenvalue weighted by Crippen LogP contribution is -2.43. The summed E-state index contributed by atoms with van der Waals surface area (Å²) in [5.74, 6) is -2.71. The molecule has 3 N–H and O–H groups in total. The Kier molecular flexibility index (Phi) is 11.7. The minimum atomic E-state index is -2.10. The number of allylic oxidation sites excluding steroid dienone is 4. The van der Waals surface area contributed by atoms with Gasteiger partial charge in [0.1, 0.15) is 0 Å². The molecule has 0 aliphatic heterocycles. The van der Waals surface area contributed by atoms with Crippen LogP contribution in [0.5, 0.6) is 0 Å². The van der Waals surface area contributed by atoms with Gasteiger partial charge in [0.25, 0.3) is 5.79 Å². The molecule has 162 valence electrons. The number of unbranched alkanes of at least 4 members (excludes halogenated alkanes) is 3. The monoisotopic (exact) mass is 396 g/mol. The van der Waals surface area contributed by atoms with Crippen molar-refractivity contribution in [1.29, 1.82) is 0 Å². The molecule has 1 unspecified atom stereocenters. The van der Waals surface area contributed by atoms with Crippen LogP contribution in [0.25, 0.3) is 0 Å². The highest BCUT2D eigenvalue weighted by molar-refractivity contribution is 5.75. The molecular formula is C23H40O5. The summed E-state index contributed by atoms with van der Waals surface area (Å²) in [6, 6.07) is 0. The number of carboxylic acid groups (broad SMARTS) is 1. The van der Waals surface area contributed by atoms with Gasteiger partial charge < -0.3 is 20.1 Å². The molecule has 0 radical (unpaired) electrons. The standard InChI is InChI=1S/C23H40O5/c1-4-5-6-7-8-10-13-19-15-16-21(24)20(19)14-11-9-12-17-23(27,22(25)26)28-18(2)3/h5-6,10,13,18-21,24,27H,4,7-9,11-12,14-17H2,1-3H3,(H,25,26)/t19-,20+,21-,23?/m0/s1. The van der Waals surface area contributed by atoms with Crippen LogP contribution in [0.4, 0.5) is 0 Å². The molecule has 0 amide bonds. The Morgan fingerprint density at radius 1 is 1.14 bits per heavy atom. The molecule has 1 fully saturated rings. The molecule has 0 spiro atoms. The fraction of sp³-hybridized carbons (Fsp3) is 0.783. The third kappa shape index (κ3) is 8.89. The van der Waals surface area contributed by atoms with Gasteiger partial charge in [0.05, 0.1) is 12.2 Å². The van der Waals surface area contributed by atoms with Crippen molar-refractivity contribution in [3.05, 3.63) is 24.3 Å². The predicted octanol–water partition coefficient (Wildman–Crippen LogP) is 4.82. The normalized spacial score (nSPS) is 25.1. The van der Waals surface area contributed by atoms with Crippen molar-refractivity contribution in [3.8, 4) is 0 Å². The molecule has 1 saturated carbocycles. The van der Waals surface area contributed by atoms with Gasteiger partial charge in [-0.3, -0.25) is 0 Å². The summed E-state index contributed by atoms with van der Waals surface area (Å²) >= 11 is 0. The first kappa shape index (κ1) is 24.9. The van der Waals surface area contributed by atoms with Crippen molar-refractivity contribution in [1.82, 2.24) is 0 Å². The molecule has 0 saturated heterocycles. The molecule has 0 heterocycles. The van der Waals surface area contributed by atoms with Crippen LogP contribution in [0.15, 0.2) is 24.3 Å². The second-order valence-electron chi connectivity index (χ2n) is 8.21. The highest BCUT2D eigenvalue weighted by atomic mass is 16.7. The van der Waals surface area contributed by atoms with Crippen LogP contribution >= 0.6 is 0 Å². The van der Waals surface area contributed by atoms with Crippen LogP contribution in [0.3, 0.4) is 0 Å². The van der Waals surface area contributed by atoms with E-state index >= 15 is 0 Å². The number of ether oxygens (including phenoxy) is 1. The fourth-order valence-electron chi connectivity index (χ4n) is 4.00. The van der Waals surface area contributed by atoms with E-state index in [0.29, 0.717) is 12.3 Å². The zero-order chi connectivity index (χ0) is 21.0. The first-order valence-corrected chi connectivity index (χ1v) is 10.9. The molecule has 0 aromatic heterocycles. The number of aliphatic hydroxyl groups excluding tert-OH is 1. The van der Waals surface area contributed by atoms with E-state index in [1.165, 1.54) is 0 Å². The summed E-state index contributed by atoms with van der Waals surface area (Å²) < 4.78 is 5.19. The Labute approximate surface area is 170 Å². The van der Waals surface area contributed by atoms with Gasteiger partial charge in [-0.15, -0.1) is 0 Å². The molecule has 0 bridgehead atoms. The van der Waals surface area contributed by atoms with Gasteiger partial charge in [0.15, 0.2) is 0 Å². The molecule has 28 heavy (non-hydrogen) atoms. The zero-order valence-corrected chi connectivity index (χ0v) is 17.8. The van der Waals surface area contributed by atoms with Crippen molar-refractivity contribution in [2.75, 3.05) is 0 Å². The van der Waals surface area contributed by atoms with Gasteiger partial charge in [-0.2, -0.15) is 0 Å². The minimum Gasteiger partial charge on any atom is -0.477 e. The first-order chi connectivity index (χ1) is 13.3. The van der Waals surface area contributed by atoms with E-state index in [4.69, 9.17) is 4.74 Å². The topological polar surface area (TPSA) is 87.0 Å². The Morgan fingerprint density at radius 3 is 2.50 bits per heavy atom. The molecular weight excluding hydrogens is 356 g/mol. The number of carboxylic acids is 1. The van der Waals surface area contributed by atoms with Gasteiger partial charge in [-0.1, -0.05) is 44.1 Å². The molecule has 4 atom stereocenters. The van der Waals surface area contributed by atoms with Crippen molar-refractivity contribution in [3.63, 3.8) is 0 Å². The Morgan fingerprint density at radius 2 is 1.86 bits per heavy atom. The van der Waals surface area contributed by atoms with E-state index in [0.717, 1.165) is 51.4 Å². The lowest BCUT2D eigenvalue weighted by atomic mass is 9.88.